The van der Waals surface area contributed by atoms with Crippen molar-refractivity contribution in [3.63, 3.8) is 0 Å². The molecule has 4 nitrogen and oxygen atoms in total. The molecule has 1 rings (SSSR count). The molecule has 2 N–H and O–H groups in total. The van der Waals surface area contributed by atoms with Crippen LogP contribution in [0, 0.1) is 11.8 Å². The van der Waals surface area contributed by atoms with Crippen LogP contribution in [0.2, 0.25) is 0 Å². The summed E-state index contributed by atoms with van der Waals surface area (Å²) in [5.41, 5.74) is 5.41. The van der Waals surface area contributed by atoms with Crippen LogP contribution >= 0.6 is 0 Å². The van der Waals surface area contributed by atoms with Crippen molar-refractivity contribution in [1.29, 1.82) is 0 Å². The lowest BCUT2D eigenvalue weighted by Gasteiger charge is -2.26. The van der Waals surface area contributed by atoms with Gasteiger partial charge in [0.05, 0.1) is 0 Å². The summed E-state index contributed by atoms with van der Waals surface area (Å²) in [7, 11) is 0. The Hall–Kier alpha value is -0.770. The van der Waals surface area contributed by atoms with Crippen molar-refractivity contribution in [1.82, 2.24) is 4.90 Å². The summed E-state index contributed by atoms with van der Waals surface area (Å²) in [5.74, 6) is 1.19. The first kappa shape index (κ1) is 15.3. The van der Waals surface area contributed by atoms with E-state index in [1.807, 2.05) is 25.7 Å². The number of likely N-dealkylation sites (tertiary alicyclic amines) is 1. The minimum atomic E-state index is -0.416. The molecule has 0 aromatic carbocycles. The van der Waals surface area contributed by atoms with Crippen LogP contribution in [0.15, 0.2) is 0 Å². The van der Waals surface area contributed by atoms with Gasteiger partial charge in [0.25, 0.3) is 0 Å². The van der Waals surface area contributed by atoms with Gasteiger partial charge in [0.2, 0.25) is 0 Å². The number of rotatable bonds is 2. The first-order valence-electron chi connectivity index (χ1n) is 7.05. The van der Waals surface area contributed by atoms with Crippen LogP contribution in [0.4, 0.5) is 4.79 Å². The average Bonchev–Trinajstić information content (AvgIpc) is 2.47. The molecule has 0 bridgehead atoms. The van der Waals surface area contributed by atoms with Gasteiger partial charge in [-0.25, -0.2) is 4.79 Å². The maximum Gasteiger partial charge on any atom is 0.410 e. The second kappa shape index (κ2) is 6.41. The molecule has 1 heterocycles. The van der Waals surface area contributed by atoms with Gasteiger partial charge >= 0.3 is 6.09 Å². The molecule has 1 fully saturated rings. The van der Waals surface area contributed by atoms with Gasteiger partial charge < -0.3 is 15.4 Å². The largest absolute Gasteiger partial charge is 0.444 e. The highest BCUT2D eigenvalue weighted by Gasteiger charge is 2.28. The number of hydrogen-bond donors (Lipinski definition) is 1. The van der Waals surface area contributed by atoms with Gasteiger partial charge in [-0.1, -0.05) is 13.3 Å². The van der Waals surface area contributed by atoms with Crippen molar-refractivity contribution in [2.24, 2.45) is 17.6 Å². The maximum absolute atomic E-state index is 12.0. The highest BCUT2D eigenvalue weighted by Crippen LogP contribution is 2.26. The molecule has 1 saturated heterocycles. The third kappa shape index (κ3) is 4.48. The summed E-state index contributed by atoms with van der Waals surface area (Å²) in [5, 5.41) is 0. The standard InChI is InChI=1S/C14H28N2O2/c1-5-11-6-8-16(9-7-12(11)10-15)13(17)18-14(2,3)4/h11-12H,5-10,15H2,1-4H3. The van der Waals surface area contributed by atoms with Gasteiger partial charge in [0, 0.05) is 13.1 Å². The zero-order valence-corrected chi connectivity index (χ0v) is 12.2. The number of carbonyl (C=O) groups is 1. The molecule has 1 amide bonds. The van der Waals surface area contributed by atoms with E-state index in [0.29, 0.717) is 11.8 Å². The van der Waals surface area contributed by atoms with Crippen molar-refractivity contribution in [2.45, 2.75) is 52.6 Å². The van der Waals surface area contributed by atoms with E-state index in [1.54, 1.807) is 0 Å². The van der Waals surface area contributed by atoms with Crippen LogP contribution in [0.3, 0.4) is 0 Å². The monoisotopic (exact) mass is 256 g/mol. The van der Waals surface area contributed by atoms with E-state index in [1.165, 1.54) is 0 Å². The SMILES string of the molecule is CCC1CCN(C(=O)OC(C)(C)C)CCC1CN. The van der Waals surface area contributed by atoms with Gasteiger partial charge in [0.1, 0.15) is 5.60 Å². The molecule has 18 heavy (non-hydrogen) atoms. The van der Waals surface area contributed by atoms with Crippen molar-refractivity contribution >= 4 is 6.09 Å². The van der Waals surface area contributed by atoms with Crippen LogP contribution in [0.5, 0.6) is 0 Å². The number of hydrogen-bond acceptors (Lipinski definition) is 3. The Labute approximate surface area is 111 Å². The second-order valence-corrected chi connectivity index (χ2v) is 6.21. The van der Waals surface area contributed by atoms with E-state index in [-0.39, 0.29) is 6.09 Å². The lowest BCUT2D eigenvalue weighted by molar-refractivity contribution is 0.0254. The Morgan fingerprint density at radius 1 is 1.28 bits per heavy atom. The van der Waals surface area contributed by atoms with Crippen molar-refractivity contribution in [3.05, 3.63) is 0 Å². The third-order valence-corrected chi connectivity index (χ3v) is 3.69. The van der Waals surface area contributed by atoms with E-state index >= 15 is 0 Å². The molecule has 0 radical (unpaired) electrons. The maximum atomic E-state index is 12.0. The summed E-state index contributed by atoms with van der Waals surface area (Å²) in [4.78, 5) is 13.9. The molecule has 1 aliphatic rings. The Morgan fingerprint density at radius 2 is 1.83 bits per heavy atom. The fourth-order valence-corrected chi connectivity index (χ4v) is 2.58. The number of carbonyl (C=O) groups excluding carboxylic acids is 1. The number of nitrogens with two attached hydrogens (primary N) is 1. The quantitative estimate of drug-likeness (QED) is 0.826. The highest BCUT2D eigenvalue weighted by atomic mass is 16.6. The van der Waals surface area contributed by atoms with E-state index in [2.05, 4.69) is 6.92 Å². The normalized spacial score (nSPS) is 25.7. The topological polar surface area (TPSA) is 55.6 Å². The van der Waals surface area contributed by atoms with Gasteiger partial charge in [-0.2, -0.15) is 0 Å². The van der Waals surface area contributed by atoms with Crippen LogP contribution in [-0.4, -0.2) is 36.2 Å². The number of nitrogens with zero attached hydrogens (tertiary/aromatic N) is 1. The predicted octanol–water partition coefficient (Wildman–Crippen LogP) is 2.62. The molecule has 106 valence electrons. The first-order chi connectivity index (χ1) is 8.37. The summed E-state index contributed by atoms with van der Waals surface area (Å²) >= 11 is 0. The minimum Gasteiger partial charge on any atom is -0.444 e. The van der Waals surface area contributed by atoms with Gasteiger partial charge in [-0.05, 0) is 52.0 Å². The lowest BCUT2D eigenvalue weighted by Crippen LogP contribution is -2.37. The Kier molecular flexibility index (Phi) is 5.45. The molecule has 0 spiro atoms. The molecule has 2 atom stereocenters. The third-order valence-electron chi connectivity index (χ3n) is 3.69. The van der Waals surface area contributed by atoms with Gasteiger partial charge in [0.15, 0.2) is 0 Å². The molecule has 0 aromatic heterocycles. The van der Waals surface area contributed by atoms with E-state index < -0.39 is 5.60 Å². The highest BCUT2D eigenvalue weighted by molar-refractivity contribution is 5.68. The Balaban J connectivity index is 2.58. The number of amides is 1. The zero-order chi connectivity index (χ0) is 13.8. The van der Waals surface area contributed by atoms with Crippen LogP contribution in [-0.2, 0) is 4.74 Å². The van der Waals surface area contributed by atoms with Gasteiger partial charge in [-0.15, -0.1) is 0 Å². The molecule has 4 heteroatoms. The van der Waals surface area contributed by atoms with E-state index in [0.717, 1.165) is 38.9 Å². The van der Waals surface area contributed by atoms with Crippen LogP contribution < -0.4 is 5.73 Å². The predicted molar refractivity (Wildman–Crippen MR) is 73.4 cm³/mol. The second-order valence-electron chi connectivity index (χ2n) is 6.21. The molecule has 0 saturated carbocycles. The Morgan fingerprint density at radius 3 is 2.28 bits per heavy atom. The fraction of sp³-hybridized carbons (Fsp3) is 0.929. The van der Waals surface area contributed by atoms with Crippen molar-refractivity contribution < 1.29 is 9.53 Å². The molecule has 2 unspecified atom stereocenters. The first-order valence-corrected chi connectivity index (χ1v) is 7.05. The summed E-state index contributed by atoms with van der Waals surface area (Å²) in [6.07, 6.45) is 2.99. The van der Waals surface area contributed by atoms with Crippen LogP contribution in [0.1, 0.15) is 47.0 Å². The summed E-state index contributed by atoms with van der Waals surface area (Å²) in [6.45, 7) is 10.2. The minimum absolute atomic E-state index is 0.185. The van der Waals surface area contributed by atoms with Crippen molar-refractivity contribution in [2.75, 3.05) is 19.6 Å². The van der Waals surface area contributed by atoms with E-state index in [9.17, 15) is 4.79 Å². The van der Waals surface area contributed by atoms with Crippen LogP contribution in [0.25, 0.3) is 0 Å². The molecular weight excluding hydrogens is 228 g/mol. The fourth-order valence-electron chi connectivity index (χ4n) is 2.58. The molecule has 0 aliphatic carbocycles. The smallest absolute Gasteiger partial charge is 0.410 e. The average molecular weight is 256 g/mol. The summed E-state index contributed by atoms with van der Waals surface area (Å²) < 4.78 is 5.43. The van der Waals surface area contributed by atoms with Gasteiger partial charge in [-0.3, -0.25) is 0 Å². The Bertz CT molecular complexity index is 259. The van der Waals surface area contributed by atoms with Crippen molar-refractivity contribution in [3.8, 4) is 0 Å². The zero-order valence-electron chi connectivity index (χ0n) is 12.2. The molecule has 0 aromatic rings. The molecule has 1 aliphatic heterocycles. The lowest BCUT2D eigenvalue weighted by atomic mass is 9.86. The van der Waals surface area contributed by atoms with E-state index in [4.69, 9.17) is 10.5 Å². The molecular formula is C14H28N2O2. The number of ether oxygens (including phenoxy) is 1. The summed E-state index contributed by atoms with van der Waals surface area (Å²) in [6, 6.07) is 0.